The van der Waals surface area contributed by atoms with Crippen molar-refractivity contribution in [1.29, 1.82) is 0 Å². The number of carbonyl (C=O) groups is 3. The number of benzene rings is 2. The molecule has 3 heterocycles. The van der Waals surface area contributed by atoms with Crippen LogP contribution in [0.3, 0.4) is 0 Å². The van der Waals surface area contributed by atoms with E-state index in [9.17, 15) is 19.5 Å². The second-order valence-electron chi connectivity index (χ2n) is 11.9. The first kappa shape index (κ1) is 32.6. The quantitative estimate of drug-likeness (QED) is 0.323. The zero-order valence-corrected chi connectivity index (χ0v) is 27.2. The summed E-state index contributed by atoms with van der Waals surface area (Å²) in [6.07, 6.45) is 4.04. The Morgan fingerprint density at radius 1 is 1.04 bits per heavy atom. The number of nitrogens with zero attached hydrogens (tertiary/aromatic N) is 3. The van der Waals surface area contributed by atoms with E-state index in [4.69, 9.17) is 9.47 Å². The fourth-order valence-corrected chi connectivity index (χ4v) is 9.86. The van der Waals surface area contributed by atoms with Crippen molar-refractivity contribution in [2.24, 2.45) is 17.8 Å². The maximum Gasteiger partial charge on any atom is 0.251 e. The highest BCUT2D eigenvalue weighted by molar-refractivity contribution is 8.02. The monoisotopic (exact) mass is 633 g/mol. The zero-order chi connectivity index (χ0) is 32.5. The Morgan fingerprint density at radius 2 is 1.60 bits per heavy atom. The third-order valence-corrected chi connectivity index (χ3v) is 11.5. The summed E-state index contributed by atoms with van der Waals surface area (Å²) in [5.74, 6) is -0.675. The largest absolute Gasteiger partial charge is 0.497 e. The SMILES string of the molecule is C=CCN(C(=O)C1N([C@H](C)CO)C(=O)[C@@H]2[C@H](C(=O)N(CC=C)c3ccc(OCC)cc3)[C@@H]3CC(C)C12S3)c1ccc(OC)cc1. The molecule has 0 aromatic heterocycles. The number of anilines is 2. The molecule has 0 saturated carbocycles. The highest BCUT2D eigenvalue weighted by atomic mass is 32.2. The zero-order valence-electron chi connectivity index (χ0n) is 26.4. The van der Waals surface area contributed by atoms with E-state index in [1.165, 1.54) is 0 Å². The first-order valence-corrected chi connectivity index (χ1v) is 16.4. The first-order valence-electron chi connectivity index (χ1n) is 15.5. The van der Waals surface area contributed by atoms with E-state index in [0.29, 0.717) is 35.9 Å². The van der Waals surface area contributed by atoms with Gasteiger partial charge in [0.25, 0.3) is 5.91 Å². The summed E-state index contributed by atoms with van der Waals surface area (Å²) in [5, 5.41) is 10.2. The van der Waals surface area contributed by atoms with Crippen LogP contribution in [0.1, 0.15) is 27.2 Å². The van der Waals surface area contributed by atoms with Gasteiger partial charge in [0.1, 0.15) is 17.5 Å². The number of rotatable bonds is 13. The lowest BCUT2D eigenvalue weighted by molar-refractivity contribution is -0.141. The summed E-state index contributed by atoms with van der Waals surface area (Å²) in [7, 11) is 1.58. The number of amides is 3. The number of hydrogen-bond acceptors (Lipinski definition) is 7. The molecule has 3 aliphatic rings. The highest BCUT2D eigenvalue weighted by Crippen LogP contribution is 2.69. The lowest BCUT2D eigenvalue weighted by Crippen LogP contribution is -2.59. The molecule has 3 saturated heterocycles. The van der Waals surface area contributed by atoms with Gasteiger partial charge in [-0.3, -0.25) is 14.4 Å². The minimum absolute atomic E-state index is 0.0184. The fraction of sp³-hybridized carbons (Fsp3) is 0.457. The highest BCUT2D eigenvalue weighted by Gasteiger charge is 2.76. The standard InChI is InChI=1S/C35H43N3O6S/c1-7-18-36(24-12-16-27(17-13-24)44-9-3)32(40)29-28-20-22(4)35(45-28)30(29)33(41)38(23(5)21-39)31(35)34(42)37(19-8-2)25-10-14-26(43-6)15-11-25/h7-8,10-17,22-23,28-31,39H,1-2,9,18-21H2,3-6H3/t22?,23-,28+,29-,30+,31?,35?/m1/s1. The van der Waals surface area contributed by atoms with Crippen molar-refractivity contribution in [3.8, 4) is 11.5 Å². The second kappa shape index (κ2) is 13.3. The predicted octanol–water partition coefficient (Wildman–Crippen LogP) is 4.55. The van der Waals surface area contributed by atoms with E-state index in [1.807, 2.05) is 43.3 Å². The van der Waals surface area contributed by atoms with Crippen molar-refractivity contribution < 1.29 is 29.0 Å². The molecule has 1 N–H and O–H groups in total. The molecule has 2 aromatic carbocycles. The third kappa shape index (κ3) is 5.42. The summed E-state index contributed by atoms with van der Waals surface area (Å²) in [6, 6.07) is 13.0. The van der Waals surface area contributed by atoms with E-state index in [2.05, 4.69) is 20.1 Å². The molecular formula is C35H43N3O6S. The molecule has 7 atom stereocenters. The molecule has 3 unspecified atom stereocenters. The summed E-state index contributed by atoms with van der Waals surface area (Å²) >= 11 is 1.61. The topological polar surface area (TPSA) is 99.6 Å². The van der Waals surface area contributed by atoms with Gasteiger partial charge in [-0.1, -0.05) is 19.1 Å². The van der Waals surface area contributed by atoms with E-state index in [-0.39, 0.29) is 48.6 Å². The smallest absolute Gasteiger partial charge is 0.251 e. The molecule has 3 aliphatic heterocycles. The van der Waals surface area contributed by atoms with Crippen LogP contribution in [-0.4, -0.2) is 83.2 Å². The molecular weight excluding hydrogens is 590 g/mol. The van der Waals surface area contributed by atoms with Crippen LogP contribution in [-0.2, 0) is 14.4 Å². The van der Waals surface area contributed by atoms with Crippen LogP contribution in [0.5, 0.6) is 11.5 Å². The number of carbonyl (C=O) groups excluding carboxylic acids is 3. The summed E-state index contributed by atoms with van der Waals surface area (Å²) in [4.78, 5) is 48.8. The number of likely N-dealkylation sites (tertiary alicyclic amines) is 1. The summed E-state index contributed by atoms with van der Waals surface area (Å²) in [5.41, 5.74) is 1.34. The molecule has 2 bridgehead atoms. The molecule has 45 heavy (non-hydrogen) atoms. The van der Waals surface area contributed by atoms with Crippen LogP contribution >= 0.6 is 11.8 Å². The number of aliphatic hydroxyl groups is 1. The summed E-state index contributed by atoms with van der Waals surface area (Å²) < 4.78 is 10.1. The Morgan fingerprint density at radius 3 is 2.11 bits per heavy atom. The molecule has 1 spiro atoms. The molecule has 3 fully saturated rings. The maximum absolute atomic E-state index is 14.8. The van der Waals surface area contributed by atoms with Crippen molar-refractivity contribution in [3.63, 3.8) is 0 Å². The van der Waals surface area contributed by atoms with Crippen LogP contribution in [0, 0.1) is 17.8 Å². The van der Waals surface area contributed by atoms with E-state index in [1.54, 1.807) is 64.8 Å². The number of thioether (sulfide) groups is 1. The molecule has 3 amide bonds. The Balaban J connectivity index is 1.56. The minimum atomic E-state index is -0.875. The molecule has 9 nitrogen and oxygen atoms in total. The van der Waals surface area contributed by atoms with E-state index < -0.39 is 28.7 Å². The summed E-state index contributed by atoms with van der Waals surface area (Å²) in [6.45, 7) is 14.3. The Labute approximate surface area is 269 Å². The van der Waals surface area contributed by atoms with Crippen LogP contribution in [0.2, 0.25) is 0 Å². The predicted molar refractivity (Wildman–Crippen MR) is 178 cm³/mol. The van der Waals surface area contributed by atoms with Gasteiger partial charge in [0.2, 0.25) is 11.8 Å². The van der Waals surface area contributed by atoms with E-state index in [0.717, 1.165) is 0 Å². The van der Waals surface area contributed by atoms with E-state index >= 15 is 0 Å². The van der Waals surface area contributed by atoms with Gasteiger partial charge in [-0.25, -0.2) is 0 Å². The van der Waals surface area contributed by atoms with Gasteiger partial charge in [-0.05, 0) is 74.7 Å². The number of methoxy groups -OCH3 is 1. The molecule has 10 heteroatoms. The lowest BCUT2D eigenvalue weighted by atomic mass is 9.65. The molecule has 240 valence electrons. The van der Waals surface area contributed by atoms with Crippen molar-refractivity contribution in [3.05, 3.63) is 73.8 Å². The van der Waals surface area contributed by atoms with Crippen LogP contribution < -0.4 is 19.3 Å². The minimum Gasteiger partial charge on any atom is -0.497 e. The average molecular weight is 634 g/mol. The number of hydrogen-bond donors (Lipinski definition) is 1. The van der Waals surface area contributed by atoms with Gasteiger partial charge >= 0.3 is 0 Å². The van der Waals surface area contributed by atoms with Gasteiger partial charge in [0.05, 0.1) is 42.9 Å². The van der Waals surface area contributed by atoms with Gasteiger partial charge in [0, 0.05) is 29.7 Å². The Hall–Kier alpha value is -3.76. The third-order valence-electron chi connectivity index (χ3n) is 9.44. The van der Waals surface area contributed by atoms with Gasteiger partial charge in [-0.15, -0.1) is 24.9 Å². The Bertz CT molecular complexity index is 1430. The molecule has 0 aliphatic carbocycles. The normalized spacial score (nSPS) is 27.1. The van der Waals surface area contributed by atoms with Crippen molar-refractivity contribution in [1.82, 2.24) is 4.90 Å². The van der Waals surface area contributed by atoms with Crippen molar-refractivity contribution >= 4 is 40.9 Å². The van der Waals surface area contributed by atoms with Crippen molar-refractivity contribution in [2.45, 2.75) is 49.3 Å². The second-order valence-corrected chi connectivity index (χ2v) is 13.5. The molecule has 0 radical (unpaired) electrons. The average Bonchev–Trinajstić information content (AvgIpc) is 3.65. The number of aliphatic hydroxyl groups excluding tert-OH is 1. The van der Waals surface area contributed by atoms with Crippen LogP contribution in [0.4, 0.5) is 11.4 Å². The van der Waals surface area contributed by atoms with Gasteiger partial charge in [0.15, 0.2) is 0 Å². The number of fused-ring (bicyclic) bond motifs is 1. The van der Waals surface area contributed by atoms with Crippen LogP contribution in [0.15, 0.2) is 73.8 Å². The van der Waals surface area contributed by atoms with Crippen molar-refractivity contribution in [2.75, 3.05) is 43.2 Å². The maximum atomic E-state index is 14.8. The van der Waals surface area contributed by atoms with Gasteiger partial charge < -0.3 is 29.3 Å². The Kier molecular flexibility index (Phi) is 9.65. The number of ether oxygens (including phenoxy) is 2. The van der Waals surface area contributed by atoms with Crippen LogP contribution in [0.25, 0.3) is 0 Å². The first-order chi connectivity index (χ1) is 21.7. The fourth-order valence-electron chi connectivity index (χ4n) is 7.47. The van der Waals surface area contributed by atoms with Gasteiger partial charge in [-0.2, -0.15) is 0 Å². The molecule has 2 aromatic rings. The molecule has 5 rings (SSSR count). The lowest BCUT2D eigenvalue weighted by Gasteiger charge is -2.41.